The summed E-state index contributed by atoms with van der Waals surface area (Å²) in [5, 5.41) is 20.6. The lowest BCUT2D eigenvalue weighted by molar-refractivity contribution is -0.159. The molecule has 170 valence electrons. The van der Waals surface area contributed by atoms with E-state index in [1.165, 1.54) is 43.1 Å². The Bertz CT molecular complexity index is 857. The fourth-order valence-electron chi connectivity index (χ4n) is 4.83. The van der Waals surface area contributed by atoms with Crippen molar-refractivity contribution in [2.45, 2.75) is 70.7 Å². The first-order valence-electron chi connectivity index (χ1n) is 11.1. The average molecular weight is 432 g/mol. The van der Waals surface area contributed by atoms with Gasteiger partial charge in [0.15, 0.2) is 0 Å². The highest BCUT2D eigenvalue weighted by molar-refractivity contribution is 6.27. The Morgan fingerprint density at radius 2 is 1.77 bits per heavy atom. The first-order chi connectivity index (χ1) is 14.9. The van der Waals surface area contributed by atoms with Crippen molar-refractivity contribution in [2.75, 3.05) is 13.2 Å². The van der Waals surface area contributed by atoms with Gasteiger partial charge >= 0.3 is 11.9 Å². The lowest BCUT2D eigenvalue weighted by Crippen LogP contribution is -2.47. The van der Waals surface area contributed by atoms with Crippen LogP contribution >= 0.6 is 0 Å². The summed E-state index contributed by atoms with van der Waals surface area (Å²) in [6, 6.07) is 9.97. The first kappa shape index (κ1) is 23.2. The minimum atomic E-state index is -1.82. The Morgan fingerprint density at radius 3 is 2.39 bits per heavy atom. The van der Waals surface area contributed by atoms with Gasteiger partial charge < -0.3 is 14.9 Å². The van der Waals surface area contributed by atoms with Gasteiger partial charge in [-0.2, -0.15) is 5.10 Å². The molecule has 0 saturated carbocycles. The van der Waals surface area contributed by atoms with Crippen LogP contribution in [0.2, 0.25) is 0 Å². The van der Waals surface area contributed by atoms with E-state index in [1.54, 1.807) is 0 Å². The van der Waals surface area contributed by atoms with Gasteiger partial charge in [0.1, 0.15) is 0 Å². The van der Waals surface area contributed by atoms with Crippen molar-refractivity contribution in [1.29, 1.82) is 0 Å². The number of ether oxygens (including phenoxy) is 1. The molecule has 4 atom stereocenters. The van der Waals surface area contributed by atoms with Crippen LogP contribution in [-0.2, 0) is 20.9 Å². The van der Waals surface area contributed by atoms with Gasteiger partial charge in [-0.15, -0.1) is 0 Å². The molecule has 3 unspecified atom stereocenters. The average Bonchev–Trinajstić information content (AvgIpc) is 3.23. The summed E-state index contributed by atoms with van der Waals surface area (Å²) in [6.07, 6.45) is 8.79. The molecule has 2 fully saturated rings. The fraction of sp³-hybridized carbons (Fsp3) is 0.609. The molecular weight excluding hydrogens is 398 g/mol. The molecule has 1 aromatic heterocycles. The predicted octanol–water partition coefficient (Wildman–Crippen LogP) is 3.25. The third-order valence-electron chi connectivity index (χ3n) is 6.14. The molecular formula is C23H33N3O5. The summed E-state index contributed by atoms with van der Waals surface area (Å²) in [6.45, 7) is 7.68. The van der Waals surface area contributed by atoms with Gasteiger partial charge in [-0.25, -0.2) is 9.59 Å². The third kappa shape index (κ3) is 6.04. The van der Waals surface area contributed by atoms with Crippen molar-refractivity contribution in [1.82, 2.24) is 14.7 Å². The van der Waals surface area contributed by atoms with Crippen LogP contribution in [0.3, 0.4) is 0 Å². The third-order valence-corrected chi connectivity index (χ3v) is 6.14. The number of carboxylic acid groups (broad SMARTS) is 2. The smallest absolute Gasteiger partial charge is 0.414 e. The summed E-state index contributed by atoms with van der Waals surface area (Å²) in [5.41, 5.74) is 1.25. The Labute approximate surface area is 182 Å². The Morgan fingerprint density at radius 1 is 1.13 bits per heavy atom. The number of aromatic nitrogens is 2. The lowest BCUT2D eigenvalue weighted by Gasteiger charge is -2.40. The number of hydrogen-bond donors (Lipinski definition) is 2. The van der Waals surface area contributed by atoms with Gasteiger partial charge in [-0.3, -0.25) is 9.58 Å². The molecule has 2 bridgehead atoms. The topological polar surface area (TPSA) is 105 Å². The van der Waals surface area contributed by atoms with Crippen molar-refractivity contribution in [3.63, 3.8) is 0 Å². The molecule has 2 aliphatic rings. The standard InChI is InChI=1S/C21H31N3O.C2H2O4/c1-3-10-25-20-11-18-8-9-19(12-20)23(18)14-16(2)15-24-21-7-5-4-6-17(21)13-22-24;3-1(4)2(5)6/h4-7,13,16,18-20H,3,8-12,14-15H2,1-2H3;(H,3,4)(H,5,6)/t16?,18-,19?,20?;/m1./s1. The molecule has 0 amide bonds. The zero-order chi connectivity index (χ0) is 22.4. The maximum atomic E-state index is 9.10. The molecule has 2 saturated heterocycles. The van der Waals surface area contributed by atoms with E-state index in [-0.39, 0.29) is 0 Å². The largest absolute Gasteiger partial charge is 0.473 e. The van der Waals surface area contributed by atoms with E-state index in [1.807, 2.05) is 6.20 Å². The van der Waals surface area contributed by atoms with E-state index in [0.29, 0.717) is 12.0 Å². The quantitative estimate of drug-likeness (QED) is 0.648. The number of carboxylic acids is 2. The minimum Gasteiger partial charge on any atom is -0.473 e. The minimum absolute atomic E-state index is 0.499. The van der Waals surface area contributed by atoms with Gasteiger partial charge in [-0.1, -0.05) is 32.0 Å². The number of carbonyl (C=O) groups is 2. The van der Waals surface area contributed by atoms with Crippen LogP contribution in [0.25, 0.3) is 10.9 Å². The van der Waals surface area contributed by atoms with Crippen LogP contribution in [0, 0.1) is 5.92 Å². The molecule has 3 heterocycles. The molecule has 2 aromatic rings. The Balaban J connectivity index is 0.000000401. The second kappa shape index (κ2) is 10.7. The second-order valence-electron chi connectivity index (χ2n) is 8.65. The van der Waals surface area contributed by atoms with E-state index in [2.05, 4.69) is 52.8 Å². The van der Waals surface area contributed by atoms with E-state index in [4.69, 9.17) is 24.5 Å². The van der Waals surface area contributed by atoms with Gasteiger partial charge in [0.2, 0.25) is 0 Å². The number of rotatable bonds is 7. The van der Waals surface area contributed by atoms with E-state index in [0.717, 1.165) is 31.7 Å². The van der Waals surface area contributed by atoms with Crippen molar-refractivity contribution < 1.29 is 24.5 Å². The molecule has 4 rings (SSSR count). The fourth-order valence-corrected chi connectivity index (χ4v) is 4.83. The lowest BCUT2D eigenvalue weighted by atomic mass is 9.98. The van der Waals surface area contributed by atoms with Crippen LogP contribution < -0.4 is 0 Å². The highest BCUT2D eigenvalue weighted by atomic mass is 16.5. The van der Waals surface area contributed by atoms with Crippen LogP contribution in [0.1, 0.15) is 46.0 Å². The number of hydrogen-bond acceptors (Lipinski definition) is 5. The summed E-state index contributed by atoms with van der Waals surface area (Å²) in [7, 11) is 0. The number of piperidine rings is 1. The molecule has 1 aromatic carbocycles. The number of para-hydroxylation sites is 1. The van der Waals surface area contributed by atoms with Gasteiger partial charge in [-0.05, 0) is 44.1 Å². The molecule has 31 heavy (non-hydrogen) atoms. The monoisotopic (exact) mass is 431 g/mol. The zero-order valence-corrected chi connectivity index (χ0v) is 18.3. The summed E-state index contributed by atoms with van der Waals surface area (Å²) in [4.78, 5) is 21.0. The first-order valence-corrected chi connectivity index (χ1v) is 11.1. The van der Waals surface area contributed by atoms with Crippen LogP contribution in [0.5, 0.6) is 0 Å². The zero-order valence-electron chi connectivity index (χ0n) is 18.3. The predicted molar refractivity (Wildman–Crippen MR) is 117 cm³/mol. The normalized spacial score (nSPS) is 23.9. The number of fused-ring (bicyclic) bond motifs is 3. The van der Waals surface area contributed by atoms with Crippen molar-refractivity contribution in [3.8, 4) is 0 Å². The molecule has 0 aliphatic carbocycles. The highest BCUT2D eigenvalue weighted by Gasteiger charge is 2.41. The maximum Gasteiger partial charge on any atom is 0.414 e. The van der Waals surface area contributed by atoms with Crippen LogP contribution in [0.4, 0.5) is 0 Å². The summed E-state index contributed by atoms with van der Waals surface area (Å²) < 4.78 is 8.24. The number of benzene rings is 1. The van der Waals surface area contributed by atoms with Gasteiger partial charge in [0, 0.05) is 37.2 Å². The van der Waals surface area contributed by atoms with Crippen molar-refractivity contribution >= 4 is 22.8 Å². The van der Waals surface area contributed by atoms with E-state index in [9.17, 15) is 0 Å². The van der Waals surface area contributed by atoms with Gasteiger partial charge in [0.25, 0.3) is 0 Å². The Kier molecular flexibility index (Phi) is 8.03. The molecule has 2 aliphatic heterocycles. The van der Waals surface area contributed by atoms with Crippen molar-refractivity contribution in [2.24, 2.45) is 5.92 Å². The van der Waals surface area contributed by atoms with Crippen molar-refractivity contribution in [3.05, 3.63) is 30.5 Å². The highest BCUT2D eigenvalue weighted by Crippen LogP contribution is 2.37. The van der Waals surface area contributed by atoms with Gasteiger partial charge in [0.05, 0.1) is 17.8 Å². The summed E-state index contributed by atoms with van der Waals surface area (Å²) >= 11 is 0. The molecule has 8 nitrogen and oxygen atoms in total. The molecule has 8 heteroatoms. The molecule has 0 radical (unpaired) electrons. The molecule has 0 spiro atoms. The SMILES string of the molecule is CCCOC1CC2CC[C@H](C1)N2CC(C)Cn1ncc2ccccc21.O=C(O)C(=O)O. The number of aliphatic carboxylic acids is 2. The maximum absolute atomic E-state index is 9.10. The Hall–Kier alpha value is -2.45. The van der Waals surface area contributed by atoms with Crippen LogP contribution in [0.15, 0.2) is 30.5 Å². The summed E-state index contributed by atoms with van der Waals surface area (Å²) in [5.74, 6) is -3.04. The molecule has 2 N–H and O–H groups in total. The van der Waals surface area contributed by atoms with E-state index >= 15 is 0 Å². The van der Waals surface area contributed by atoms with Crippen LogP contribution in [-0.4, -0.2) is 68.2 Å². The van der Waals surface area contributed by atoms with E-state index < -0.39 is 11.9 Å². The second-order valence-corrected chi connectivity index (χ2v) is 8.65. The number of nitrogens with zero attached hydrogens (tertiary/aromatic N) is 3.